The van der Waals surface area contributed by atoms with E-state index < -0.39 is 6.09 Å². The highest BCUT2D eigenvalue weighted by molar-refractivity contribution is 5.87. The van der Waals surface area contributed by atoms with E-state index in [9.17, 15) is 19.5 Å². The molecule has 34 heavy (non-hydrogen) atoms. The van der Waals surface area contributed by atoms with Crippen molar-refractivity contribution in [3.8, 4) is 0 Å². The third kappa shape index (κ3) is 9.76. The Morgan fingerprint density at radius 2 is 1.65 bits per heavy atom. The minimum Gasteiger partial charge on any atom is -0.465 e. The van der Waals surface area contributed by atoms with Gasteiger partial charge < -0.3 is 30.0 Å². The third-order valence-corrected chi connectivity index (χ3v) is 7.22. The van der Waals surface area contributed by atoms with Crippen molar-refractivity contribution in [2.75, 3.05) is 85.6 Å². The minimum absolute atomic E-state index is 0.0311. The first-order chi connectivity index (χ1) is 16.3. The van der Waals surface area contributed by atoms with Crippen molar-refractivity contribution in [2.45, 2.75) is 52.0 Å². The molecule has 0 saturated carbocycles. The second-order valence-electron chi connectivity index (χ2n) is 9.51. The van der Waals surface area contributed by atoms with Crippen molar-refractivity contribution in [3.63, 3.8) is 0 Å². The quantitative estimate of drug-likeness (QED) is 0.357. The highest BCUT2D eigenvalue weighted by Crippen LogP contribution is 2.17. The lowest BCUT2D eigenvalue weighted by Gasteiger charge is -2.29. The van der Waals surface area contributed by atoms with Crippen LogP contribution in [0.15, 0.2) is 0 Å². The number of rotatable bonds is 15. The second-order valence-corrected chi connectivity index (χ2v) is 9.51. The van der Waals surface area contributed by atoms with Gasteiger partial charge in [-0.1, -0.05) is 13.8 Å². The molecule has 1 atom stereocenters. The number of nitrogens with one attached hydrogen (secondary N) is 1. The molecule has 3 amide bonds. The van der Waals surface area contributed by atoms with Gasteiger partial charge >= 0.3 is 6.09 Å². The zero-order valence-corrected chi connectivity index (χ0v) is 21.5. The largest absolute Gasteiger partial charge is 0.465 e. The molecule has 2 aliphatic heterocycles. The van der Waals surface area contributed by atoms with Gasteiger partial charge in [-0.3, -0.25) is 14.5 Å². The van der Waals surface area contributed by atoms with Crippen LogP contribution in [0.25, 0.3) is 0 Å². The Balaban J connectivity index is 1.90. The molecule has 0 spiro atoms. The molecular weight excluding hydrogens is 436 g/mol. The minimum atomic E-state index is -1.11. The Hall–Kier alpha value is -1.91. The predicted octanol–water partition coefficient (Wildman–Crippen LogP) is 0.833. The number of nitrogens with zero attached hydrogens (tertiary/aromatic N) is 5. The summed E-state index contributed by atoms with van der Waals surface area (Å²) in [6.07, 6.45) is 4.46. The van der Waals surface area contributed by atoms with E-state index in [4.69, 9.17) is 0 Å². The molecule has 10 nitrogen and oxygen atoms in total. The molecule has 2 N–H and O–H groups in total. The second kappa shape index (κ2) is 15.2. The molecule has 2 rings (SSSR count). The molecule has 1 unspecified atom stereocenters. The SMILES string of the molecule is CCN(CC)CCN(CC(=O)N(CCN1CCCC1)CC(=O)NCCC1CCCN1C)C(=O)O. The van der Waals surface area contributed by atoms with E-state index >= 15 is 0 Å². The number of hydrogen-bond acceptors (Lipinski definition) is 6. The molecule has 196 valence electrons. The van der Waals surface area contributed by atoms with E-state index in [1.54, 1.807) is 0 Å². The van der Waals surface area contributed by atoms with E-state index in [1.807, 2.05) is 13.8 Å². The maximum absolute atomic E-state index is 13.1. The summed E-state index contributed by atoms with van der Waals surface area (Å²) in [7, 11) is 2.12. The highest BCUT2D eigenvalue weighted by Gasteiger charge is 2.25. The number of hydrogen-bond donors (Lipinski definition) is 2. The molecule has 2 fully saturated rings. The van der Waals surface area contributed by atoms with E-state index in [1.165, 1.54) is 11.3 Å². The Kier molecular flexibility index (Phi) is 12.6. The van der Waals surface area contributed by atoms with Crippen molar-refractivity contribution < 1.29 is 19.5 Å². The van der Waals surface area contributed by atoms with Gasteiger partial charge in [-0.05, 0) is 71.9 Å². The number of carboxylic acid groups (broad SMARTS) is 1. The Labute approximate surface area is 205 Å². The lowest BCUT2D eigenvalue weighted by atomic mass is 10.1. The van der Waals surface area contributed by atoms with Crippen LogP contribution in [0.4, 0.5) is 4.79 Å². The maximum Gasteiger partial charge on any atom is 0.407 e. The van der Waals surface area contributed by atoms with Gasteiger partial charge in [-0.2, -0.15) is 0 Å². The first-order valence-electron chi connectivity index (χ1n) is 13.0. The number of likely N-dealkylation sites (tertiary alicyclic amines) is 2. The molecule has 2 heterocycles. The summed E-state index contributed by atoms with van der Waals surface area (Å²) in [5.41, 5.74) is 0. The average molecular weight is 483 g/mol. The van der Waals surface area contributed by atoms with Crippen LogP contribution in [0, 0.1) is 0 Å². The molecule has 2 aliphatic rings. The van der Waals surface area contributed by atoms with Gasteiger partial charge in [0.1, 0.15) is 6.54 Å². The van der Waals surface area contributed by atoms with E-state index in [0.717, 1.165) is 63.3 Å². The molecule has 0 aromatic rings. The normalized spacial score (nSPS) is 19.0. The van der Waals surface area contributed by atoms with Crippen molar-refractivity contribution in [1.82, 2.24) is 29.8 Å². The van der Waals surface area contributed by atoms with Crippen molar-refractivity contribution >= 4 is 17.9 Å². The third-order valence-electron chi connectivity index (χ3n) is 7.22. The zero-order valence-electron chi connectivity index (χ0n) is 21.5. The van der Waals surface area contributed by atoms with Crippen LogP contribution in [0.3, 0.4) is 0 Å². The Morgan fingerprint density at radius 3 is 2.24 bits per heavy atom. The topological polar surface area (TPSA) is 99.7 Å². The number of amides is 3. The zero-order chi connectivity index (χ0) is 24.9. The van der Waals surface area contributed by atoms with Crippen LogP contribution in [0.2, 0.25) is 0 Å². The summed E-state index contributed by atoms with van der Waals surface area (Å²) in [4.78, 5) is 47.0. The van der Waals surface area contributed by atoms with E-state index in [-0.39, 0.29) is 31.4 Å². The summed E-state index contributed by atoms with van der Waals surface area (Å²) in [6, 6.07) is 0.503. The first kappa shape index (κ1) is 28.3. The molecule has 0 radical (unpaired) electrons. The predicted molar refractivity (Wildman–Crippen MR) is 133 cm³/mol. The van der Waals surface area contributed by atoms with Gasteiger partial charge in [0.25, 0.3) is 0 Å². The van der Waals surface area contributed by atoms with Gasteiger partial charge in [-0.25, -0.2) is 4.79 Å². The van der Waals surface area contributed by atoms with Crippen LogP contribution < -0.4 is 5.32 Å². The van der Waals surface area contributed by atoms with Crippen LogP contribution in [0.1, 0.15) is 46.0 Å². The van der Waals surface area contributed by atoms with Gasteiger partial charge in [0.15, 0.2) is 0 Å². The van der Waals surface area contributed by atoms with Crippen LogP contribution >= 0.6 is 0 Å². The average Bonchev–Trinajstić information content (AvgIpc) is 3.48. The summed E-state index contributed by atoms with van der Waals surface area (Å²) >= 11 is 0. The summed E-state index contributed by atoms with van der Waals surface area (Å²) in [5, 5.41) is 12.6. The van der Waals surface area contributed by atoms with Crippen molar-refractivity contribution in [3.05, 3.63) is 0 Å². The molecule has 0 aromatic carbocycles. The smallest absolute Gasteiger partial charge is 0.407 e. The van der Waals surface area contributed by atoms with Gasteiger partial charge in [0.05, 0.1) is 6.54 Å². The number of carbonyl (C=O) groups is 3. The van der Waals surface area contributed by atoms with E-state index in [0.29, 0.717) is 32.2 Å². The molecular formula is C24H46N6O4. The molecule has 10 heteroatoms. The first-order valence-corrected chi connectivity index (χ1v) is 13.0. The molecule has 0 aromatic heterocycles. The van der Waals surface area contributed by atoms with Crippen molar-refractivity contribution in [1.29, 1.82) is 0 Å². The van der Waals surface area contributed by atoms with Crippen LogP contribution in [-0.2, 0) is 9.59 Å². The highest BCUT2D eigenvalue weighted by atomic mass is 16.4. The summed E-state index contributed by atoms with van der Waals surface area (Å²) in [5.74, 6) is -0.493. The fourth-order valence-electron chi connectivity index (χ4n) is 4.82. The van der Waals surface area contributed by atoms with Crippen LogP contribution in [0.5, 0.6) is 0 Å². The van der Waals surface area contributed by atoms with E-state index in [2.05, 4.69) is 27.1 Å². The number of carbonyl (C=O) groups excluding carboxylic acids is 2. The van der Waals surface area contributed by atoms with Gasteiger partial charge in [0.2, 0.25) is 11.8 Å². The molecule has 0 bridgehead atoms. The number of likely N-dealkylation sites (N-methyl/N-ethyl adjacent to an activating group) is 1. The summed E-state index contributed by atoms with van der Waals surface area (Å²) < 4.78 is 0. The summed E-state index contributed by atoms with van der Waals surface area (Å²) in [6.45, 7) is 11.2. The standard InChI is InChI=1S/C24H46N6O4/c1-4-27(5-2)15-18-30(24(33)34)20-23(32)29(17-16-28-13-6-7-14-28)19-22(31)25-11-10-21-9-8-12-26(21)3/h21H,4-20H2,1-3H3,(H,25,31)(H,33,34). The Bertz CT molecular complexity index is 639. The fraction of sp³-hybridized carbons (Fsp3) is 0.875. The molecule has 2 saturated heterocycles. The molecule has 0 aliphatic carbocycles. The maximum atomic E-state index is 13.1. The van der Waals surface area contributed by atoms with Crippen LogP contribution in [-0.4, -0.2) is 139 Å². The van der Waals surface area contributed by atoms with Gasteiger partial charge in [-0.15, -0.1) is 0 Å². The van der Waals surface area contributed by atoms with Crippen molar-refractivity contribution in [2.24, 2.45) is 0 Å². The monoisotopic (exact) mass is 482 g/mol. The fourth-order valence-corrected chi connectivity index (χ4v) is 4.82. The Morgan fingerprint density at radius 1 is 0.941 bits per heavy atom. The van der Waals surface area contributed by atoms with Gasteiger partial charge in [0, 0.05) is 38.8 Å². The lowest BCUT2D eigenvalue weighted by molar-refractivity contribution is -0.136. The lowest BCUT2D eigenvalue weighted by Crippen LogP contribution is -2.49.